The van der Waals surface area contributed by atoms with Gasteiger partial charge in [0.05, 0.1) is 4.90 Å². The summed E-state index contributed by atoms with van der Waals surface area (Å²) in [6.45, 7) is 0. The number of carbonyl (C=O) groups is 1. The molecule has 6 nitrogen and oxygen atoms in total. The number of anilines is 1. The summed E-state index contributed by atoms with van der Waals surface area (Å²) in [7, 11) is -4.25. The lowest BCUT2D eigenvalue weighted by molar-refractivity contribution is 0.102. The average molecular weight is 458 g/mol. The van der Waals surface area contributed by atoms with Gasteiger partial charge in [-0.05, 0) is 72.8 Å². The number of amides is 1. The molecule has 0 saturated heterocycles. The van der Waals surface area contributed by atoms with Crippen LogP contribution in [0, 0.1) is 5.82 Å². The van der Waals surface area contributed by atoms with Crippen LogP contribution in [0.15, 0.2) is 91.8 Å². The summed E-state index contributed by atoms with van der Waals surface area (Å²) in [5.74, 6) is -1.06. The topological polar surface area (TPSA) is 93.4 Å². The van der Waals surface area contributed by atoms with Crippen molar-refractivity contribution in [1.82, 2.24) is 0 Å². The zero-order chi connectivity index (χ0) is 22.2. The molecule has 4 aromatic rings. The second kappa shape index (κ2) is 7.98. The molecule has 0 radical (unpaired) electrons. The first-order chi connectivity index (χ1) is 14.7. The fourth-order valence-corrected chi connectivity index (χ4v) is 4.33. The molecule has 4 rings (SSSR count). The summed E-state index contributed by atoms with van der Waals surface area (Å²) in [6.07, 6.45) is 0. The maximum atomic E-state index is 13.1. The molecule has 1 N–H and O–H groups in total. The lowest BCUT2D eigenvalue weighted by Crippen LogP contribution is -2.15. The van der Waals surface area contributed by atoms with Gasteiger partial charge >= 0.3 is 5.63 Å². The first-order valence-electron chi connectivity index (χ1n) is 8.89. The molecule has 0 spiro atoms. The molecule has 0 aliphatic rings. The van der Waals surface area contributed by atoms with Crippen molar-refractivity contribution in [2.45, 2.75) is 9.79 Å². The van der Waals surface area contributed by atoms with Gasteiger partial charge in [-0.2, -0.15) is 0 Å². The predicted octanol–water partition coefficient (Wildman–Crippen LogP) is 4.67. The number of sulfone groups is 1. The molecule has 0 aliphatic carbocycles. The fourth-order valence-electron chi connectivity index (χ4n) is 2.91. The molecule has 31 heavy (non-hydrogen) atoms. The van der Waals surface area contributed by atoms with Crippen LogP contribution < -0.4 is 10.9 Å². The van der Waals surface area contributed by atoms with Crippen LogP contribution in [-0.2, 0) is 9.84 Å². The van der Waals surface area contributed by atoms with Crippen LogP contribution in [0.2, 0.25) is 5.02 Å². The van der Waals surface area contributed by atoms with Gasteiger partial charge in [0.1, 0.15) is 11.4 Å². The maximum Gasteiger partial charge on any atom is 0.355 e. The average Bonchev–Trinajstić information content (AvgIpc) is 2.74. The molecule has 0 bridgehead atoms. The van der Waals surface area contributed by atoms with E-state index < -0.39 is 32.1 Å². The standard InChI is InChI=1S/C22H13ClFNO5S/c23-15-2-6-17(7-3-15)25-21(26)13-1-10-19-14(11-13)12-20(22(27)30-19)31(28,29)18-8-4-16(24)5-9-18/h1-12H,(H,25,26). The van der Waals surface area contributed by atoms with Crippen molar-refractivity contribution < 1.29 is 22.0 Å². The van der Waals surface area contributed by atoms with Crippen molar-refractivity contribution in [3.05, 3.63) is 99.6 Å². The number of hydrogen-bond acceptors (Lipinski definition) is 5. The quantitative estimate of drug-likeness (QED) is 0.355. The lowest BCUT2D eigenvalue weighted by atomic mass is 10.1. The Balaban J connectivity index is 1.73. The molecule has 9 heteroatoms. The highest BCUT2D eigenvalue weighted by Crippen LogP contribution is 2.23. The lowest BCUT2D eigenvalue weighted by Gasteiger charge is -2.08. The Morgan fingerprint density at radius 3 is 2.29 bits per heavy atom. The normalized spacial score (nSPS) is 11.4. The summed E-state index contributed by atoms with van der Waals surface area (Å²) < 4.78 is 43.9. The Bertz CT molecular complexity index is 1460. The Kier molecular flexibility index (Phi) is 5.34. The van der Waals surface area contributed by atoms with Gasteiger partial charge in [0.15, 0.2) is 4.90 Å². The van der Waals surface area contributed by atoms with Gasteiger partial charge in [0.25, 0.3) is 5.91 Å². The minimum Gasteiger partial charge on any atom is -0.422 e. The van der Waals surface area contributed by atoms with Crippen LogP contribution in [-0.4, -0.2) is 14.3 Å². The largest absolute Gasteiger partial charge is 0.422 e. The molecule has 1 aromatic heterocycles. The van der Waals surface area contributed by atoms with E-state index in [2.05, 4.69) is 5.32 Å². The molecule has 0 atom stereocenters. The molecule has 0 fully saturated rings. The van der Waals surface area contributed by atoms with E-state index in [9.17, 15) is 22.4 Å². The van der Waals surface area contributed by atoms with Crippen LogP contribution in [0.25, 0.3) is 11.0 Å². The van der Waals surface area contributed by atoms with Crippen molar-refractivity contribution in [3.63, 3.8) is 0 Å². The summed E-state index contributed by atoms with van der Waals surface area (Å²) in [5.41, 5.74) is -0.198. The second-order valence-corrected chi connectivity index (χ2v) is 8.92. The number of hydrogen-bond donors (Lipinski definition) is 1. The van der Waals surface area contributed by atoms with Gasteiger partial charge in [-0.15, -0.1) is 0 Å². The van der Waals surface area contributed by atoms with Crippen LogP contribution in [0.3, 0.4) is 0 Å². The predicted molar refractivity (Wildman–Crippen MR) is 114 cm³/mol. The van der Waals surface area contributed by atoms with Crippen LogP contribution in [0.1, 0.15) is 10.4 Å². The van der Waals surface area contributed by atoms with Crippen molar-refractivity contribution in [3.8, 4) is 0 Å². The first-order valence-corrected chi connectivity index (χ1v) is 10.8. The van der Waals surface area contributed by atoms with Crippen molar-refractivity contribution >= 4 is 44.0 Å². The minimum atomic E-state index is -4.25. The van der Waals surface area contributed by atoms with Crippen LogP contribution >= 0.6 is 11.6 Å². The Labute approximate surface area is 180 Å². The smallest absolute Gasteiger partial charge is 0.355 e. The Morgan fingerprint density at radius 2 is 1.61 bits per heavy atom. The van der Waals surface area contributed by atoms with E-state index in [-0.39, 0.29) is 21.4 Å². The summed E-state index contributed by atoms with van der Waals surface area (Å²) in [6, 6.07) is 16.0. The van der Waals surface area contributed by atoms with Gasteiger partial charge in [-0.3, -0.25) is 4.79 Å². The molecular formula is C22H13ClFNO5S. The fraction of sp³-hybridized carbons (Fsp3) is 0. The summed E-state index contributed by atoms with van der Waals surface area (Å²) in [4.78, 5) is 24.0. The molecule has 1 heterocycles. The third-order valence-corrected chi connectivity index (χ3v) is 6.49. The van der Waals surface area contributed by atoms with Crippen molar-refractivity contribution in [1.29, 1.82) is 0 Å². The summed E-state index contributed by atoms with van der Waals surface area (Å²) >= 11 is 5.83. The summed E-state index contributed by atoms with van der Waals surface area (Å²) in [5, 5.41) is 3.46. The zero-order valence-electron chi connectivity index (χ0n) is 15.6. The van der Waals surface area contributed by atoms with Gasteiger partial charge in [-0.1, -0.05) is 11.6 Å². The van der Waals surface area contributed by atoms with Gasteiger partial charge in [0.2, 0.25) is 9.84 Å². The molecular weight excluding hydrogens is 445 g/mol. The third-order valence-electron chi connectivity index (χ3n) is 4.48. The van der Waals surface area contributed by atoms with E-state index >= 15 is 0 Å². The monoisotopic (exact) mass is 457 g/mol. The van der Waals surface area contributed by atoms with Crippen LogP contribution in [0.5, 0.6) is 0 Å². The van der Waals surface area contributed by atoms with E-state index in [1.165, 1.54) is 18.2 Å². The van der Waals surface area contributed by atoms with Gasteiger partial charge < -0.3 is 9.73 Å². The molecule has 3 aromatic carbocycles. The SMILES string of the molecule is O=C(Nc1ccc(Cl)cc1)c1ccc2oc(=O)c(S(=O)(=O)c3ccc(F)cc3)cc2c1. The number of rotatable bonds is 4. The van der Waals surface area contributed by atoms with E-state index in [1.807, 2.05) is 0 Å². The Hall–Kier alpha value is -3.49. The van der Waals surface area contributed by atoms with Crippen molar-refractivity contribution in [2.75, 3.05) is 5.32 Å². The molecule has 0 aliphatic heterocycles. The molecule has 1 amide bonds. The van der Waals surface area contributed by atoms with E-state index in [0.29, 0.717) is 10.7 Å². The van der Waals surface area contributed by atoms with Crippen LogP contribution in [0.4, 0.5) is 10.1 Å². The number of halogens is 2. The van der Waals surface area contributed by atoms with Gasteiger partial charge in [0, 0.05) is 21.7 Å². The number of nitrogens with one attached hydrogen (secondary N) is 1. The number of benzene rings is 3. The van der Waals surface area contributed by atoms with E-state index in [4.69, 9.17) is 16.0 Å². The molecule has 156 valence electrons. The minimum absolute atomic E-state index is 0.117. The maximum absolute atomic E-state index is 13.1. The third kappa shape index (κ3) is 4.21. The highest BCUT2D eigenvalue weighted by atomic mass is 35.5. The highest BCUT2D eigenvalue weighted by molar-refractivity contribution is 7.91. The van der Waals surface area contributed by atoms with E-state index in [0.717, 1.165) is 30.3 Å². The Morgan fingerprint density at radius 1 is 0.935 bits per heavy atom. The number of fused-ring (bicyclic) bond motifs is 1. The molecule has 0 unspecified atom stereocenters. The van der Waals surface area contributed by atoms with Gasteiger partial charge in [-0.25, -0.2) is 17.6 Å². The first kappa shape index (κ1) is 20.8. The van der Waals surface area contributed by atoms with Crippen molar-refractivity contribution in [2.24, 2.45) is 0 Å². The van der Waals surface area contributed by atoms with E-state index in [1.54, 1.807) is 24.3 Å². The highest BCUT2D eigenvalue weighted by Gasteiger charge is 2.23. The number of carbonyl (C=O) groups excluding carboxylic acids is 1. The molecule has 0 saturated carbocycles. The zero-order valence-corrected chi connectivity index (χ0v) is 17.2. The second-order valence-electron chi connectivity index (χ2n) is 6.57.